The second kappa shape index (κ2) is 3.93. The summed E-state index contributed by atoms with van der Waals surface area (Å²) in [5.41, 5.74) is -0.359. The van der Waals surface area contributed by atoms with Gasteiger partial charge in [0.15, 0.2) is 11.9 Å². The maximum atomic E-state index is 10.6. The Hall–Kier alpha value is -1.82. The Morgan fingerprint density at radius 1 is 1.64 bits per heavy atom. The molecule has 72 valence electrons. The van der Waals surface area contributed by atoms with Gasteiger partial charge in [-0.2, -0.15) is 0 Å². The van der Waals surface area contributed by atoms with Crippen molar-refractivity contribution < 1.29 is 9.53 Å². The van der Waals surface area contributed by atoms with Gasteiger partial charge in [0.05, 0.1) is 5.56 Å². The average Bonchev–Trinajstić information content (AvgIpc) is 2.18. The molecule has 3 nitrogen and oxygen atoms in total. The van der Waals surface area contributed by atoms with Crippen LogP contribution in [0.2, 0.25) is 0 Å². The van der Waals surface area contributed by atoms with E-state index in [0.717, 1.165) is 0 Å². The number of hydrogen-bond donors (Lipinski definition) is 0. The first-order valence-electron chi connectivity index (χ1n) is 4.16. The van der Waals surface area contributed by atoms with Crippen molar-refractivity contribution in [1.29, 1.82) is 0 Å². The van der Waals surface area contributed by atoms with Crippen molar-refractivity contribution in [2.45, 2.75) is 19.4 Å². The van der Waals surface area contributed by atoms with Crippen LogP contribution in [-0.2, 0) is 0 Å². The number of aromatic nitrogens is 1. The second-order valence-electron chi connectivity index (χ2n) is 3.27. The molecular weight excluding hydrogens is 178 g/mol. The summed E-state index contributed by atoms with van der Waals surface area (Å²) in [6, 6.07) is 3.29. The molecule has 0 aliphatic carbocycles. The lowest BCUT2D eigenvalue weighted by molar-refractivity contribution is 0.110. The van der Waals surface area contributed by atoms with Crippen molar-refractivity contribution in [2.75, 3.05) is 0 Å². The van der Waals surface area contributed by atoms with Gasteiger partial charge in [-0.25, -0.2) is 4.98 Å². The molecule has 0 amide bonds. The van der Waals surface area contributed by atoms with Gasteiger partial charge in [-0.3, -0.25) is 4.79 Å². The van der Waals surface area contributed by atoms with E-state index in [0.29, 0.717) is 11.8 Å². The van der Waals surface area contributed by atoms with Crippen LogP contribution in [-0.4, -0.2) is 16.9 Å². The zero-order chi connectivity index (χ0) is 10.6. The Morgan fingerprint density at radius 2 is 2.36 bits per heavy atom. The number of hydrogen-bond acceptors (Lipinski definition) is 3. The molecular formula is C11H11NO2. The van der Waals surface area contributed by atoms with E-state index in [1.807, 2.05) is 0 Å². The van der Waals surface area contributed by atoms with E-state index < -0.39 is 5.60 Å². The van der Waals surface area contributed by atoms with E-state index in [4.69, 9.17) is 11.2 Å². The highest BCUT2D eigenvalue weighted by Gasteiger charge is 2.18. The van der Waals surface area contributed by atoms with E-state index in [1.54, 1.807) is 32.2 Å². The molecule has 0 N–H and O–H groups in total. The van der Waals surface area contributed by atoms with Crippen LogP contribution in [0.15, 0.2) is 18.3 Å². The van der Waals surface area contributed by atoms with Gasteiger partial charge in [-0.15, -0.1) is 6.42 Å². The number of aldehydes is 1. The first-order chi connectivity index (χ1) is 6.59. The molecule has 0 saturated heterocycles. The largest absolute Gasteiger partial charge is 0.458 e. The summed E-state index contributed by atoms with van der Waals surface area (Å²) in [6.45, 7) is 3.46. The smallest absolute Gasteiger partial charge is 0.225 e. The number of pyridine rings is 1. The molecule has 1 heterocycles. The highest BCUT2D eigenvalue weighted by molar-refractivity contribution is 5.77. The van der Waals surface area contributed by atoms with Crippen LogP contribution < -0.4 is 4.74 Å². The Labute approximate surface area is 83.1 Å². The van der Waals surface area contributed by atoms with Gasteiger partial charge in [0.1, 0.15) is 0 Å². The van der Waals surface area contributed by atoms with Gasteiger partial charge in [0, 0.05) is 6.20 Å². The van der Waals surface area contributed by atoms with E-state index in [-0.39, 0.29) is 5.88 Å². The normalized spacial score (nSPS) is 10.4. The molecule has 0 fully saturated rings. The number of ether oxygens (including phenoxy) is 1. The topological polar surface area (TPSA) is 39.2 Å². The molecule has 0 aliphatic rings. The summed E-state index contributed by atoms with van der Waals surface area (Å²) in [4.78, 5) is 14.6. The standard InChI is InChI=1S/C11H11NO2/c1-4-11(2,3)14-10-9(8-13)6-5-7-12-10/h1,5-8H,2-3H3. The molecule has 0 bridgehead atoms. The SMILES string of the molecule is C#CC(C)(C)Oc1ncccc1C=O. The third kappa shape index (κ3) is 2.33. The van der Waals surface area contributed by atoms with E-state index >= 15 is 0 Å². The lowest BCUT2D eigenvalue weighted by atomic mass is 10.1. The molecule has 0 saturated carbocycles. The average molecular weight is 189 g/mol. The number of rotatable bonds is 3. The fourth-order valence-electron chi connectivity index (χ4n) is 0.849. The first-order valence-corrected chi connectivity index (χ1v) is 4.16. The highest BCUT2D eigenvalue weighted by atomic mass is 16.5. The molecule has 1 aromatic rings. The van der Waals surface area contributed by atoms with Crippen molar-refractivity contribution in [3.05, 3.63) is 23.9 Å². The lowest BCUT2D eigenvalue weighted by Crippen LogP contribution is -2.26. The van der Waals surface area contributed by atoms with Crippen LogP contribution in [0.3, 0.4) is 0 Å². The second-order valence-corrected chi connectivity index (χ2v) is 3.27. The van der Waals surface area contributed by atoms with Crippen LogP contribution in [0.4, 0.5) is 0 Å². The van der Waals surface area contributed by atoms with Gasteiger partial charge in [-0.1, -0.05) is 5.92 Å². The minimum Gasteiger partial charge on any atom is -0.458 e. The fourth-order valence-corrected chi connectivity index (χ4v) is 0.849. The summed E-state index contributed by atoms with van der Waals surface area (Å²) >= 11 is 0. The predicted molar refractivity (Wildman–Crippen MR) is 53.2 cm³/mol. The zero-order valence-electron chi connectivity index (χ0n) is 8.15. The maximum Gasteiger partial charge on any atom is 0.225 e. The Balaban J connectivity index is 2.98. The van der Waals surface area contributed by atoms with Crippen molar-refractivity contribution in [1.82, 2.24) is 4.98 Å². The van der Waals surface area contributed by atoms with Gasteiger partial charge in [-0.05, 0) is 26.0 Å². The van der Waals surface area contributed by atoms with Crippen molar-refractivity contribution in [3.8, 4) is 18.2 Å². The minimum atomic E-state index is -0.758. The van der Waals surface area contributed by atoms with Gasteiger partial charge >= 0.3 is 0 Å². The highest BCUT2D eigenvalue weighted by Crippen LogP contribution is 2.18. The molecule has 0 atom stereocenters. The fraction of sp³-hybridized carbons (Fsp3) is 0.273. The molecule has 0 aliphatic heterocycles. The van der Waals surface area contributed by atoms with Crippen LogP contribution in [0.5, 0.6) is 5.88 Å². The molecule has 0 radical (unpaired) electrons. The number of carbonyl (C=O) groups is 1. The van der Waals surface area contributed by atoms with E-state index in [2.05, 4.69) is 10.9 Å². The van der Waals surface area contributed by atoms with Crippen molar-refractivity contribution in [3.63, 3.8) is 0 Å². The minimum absolute atomic E-state index is 0.269. The first kappa shape index (κ1) is 10.3. The number of carbonyl (C=O) groups excluding carboxylic acids is 1. The molecule has 3 heteroatoms. The summed E-state index contributed by atoms with van der Waals surface area (Å²) in [6.07, 6.45) is 7.49. The molecule has 0 spiro atoms. The maximum absolute atomic E-state index is 10.6. The van der Waals surface area contributed by atoms with Gasteiger partial charge in [0.25, 0.3) is 0 Å². The summed E-state index contributed by atoms with van der Waals surface area (Å²) in [5, 5.41) is 0. The zero-order valence-corrected chi connectivity index (χ0v) is 8.15. The molecule has 1 aromatic heterocycles. The molecule has 0 aromatic carbocycles. The molecule has 1 rings (SSSR count). The summed E-state index contributed by atoms with van der Waals surface area (Å²) < 4.78 is 5.39. The Kier molecular flexibility index (Phi) is 2.88. The lowest BCUT2D eigenvalue weighted by Gasteiger charge is -2.19. The Morgan fingerprint density at radius 3 is 2.93 bits per heavy atom. The van der Waals surface area contributed by atoms with Crippen molar-refractivity contribution >= 4 is 6.29 Å². The van der Waals surface area contributed by atoms with Crippen LogP contribution in [0.25, 0.3) is 0 Å². The molecule has 14 heavy (non-hydrogen) atoms. The summed E-state index contributed by atoms with van der Waals surface area (Å²) in [7, 11) is 0. The van der Waals surface area contributed by atoms with Crippen LogP contribution in [0, 0.1) is 12.3 Å². The third-order valence-electron chi connectivity index (χ3n) is 1.63. The predicted octanol–water partition coefficient (Wildman–Crippen LogP) is 1.68. The monoisotopic (exact) mass is 189 g/mol. The van der Waals surface area contributed by atoms with E-state index in [9.17, 15) is 4.79 Å². The van der Waals surface area contributed by atoms with E-state index in [1.165, 1.54) is 0 Å². The van der Waals surface area contributed by atoms with Crippen LogP contribution in [0.1, 0.15) is 24.2 Å². The number of nitrogens with zero attached hydrogens (tertiary/aromatic N) is 1. The Bertz CT molecular complexity index is 377. The third-order valence-corrected chi connectivity index (χ3v) is 1.63. The number of terminal acetylenes is 1. The quantitative estimate of drug-likeness (QED) is 0.536. The molecule has 0 unspecified atom stereocenters. The van der Waals surface area contributed by atoms with Crippen LogP contribution >= 0.6 is 0 Å². The van der Waals surface area contributed by atoms with Crippen molar-refractivity contribution in [2.24, 2.45) is 0 Å². The summed E-state index contributed by atoms with van der Waals surface area (Å²) in [5.74, 6) is 2.73. The van der Waals surface area contributed by atoms with Gasteiger partial charge < -0.3 is 4.74 Å². The van der Waals surface area contributed by atoms with Gasteiger partial charge in [0.2, 0.25) is 5.88 Å².